The topological polar surface area (TPSA) is 106 Å². The molecule has 1 fully saturated rings. The molecule has 1 aromatic rings. The summed E-state index contributed by atoms with van der Waals surface area (Å²) in [6.45, 7) is 0.947. The van der Waals surface area contributed by atoms with Crippen LogP contribution in [0.15, 0.2) is 16.5 Å². The second kappa shape index (κ2) is 5.84. The number of halogens is 3. The van der Waals surface area contributed by atoms with E-state index in [9.17, 15) is 33.2 Å². The van der Waals surface area contributed by atoms with Gasteiger partial charge in [0.05, 0.1) is 0 Å². The number of carbonyl (C=O) groups excluding carboxylic acids is 1. The van der Waals surface area contributed by atoms with Crippen LogP contribution in [0, 0.1) is 23.0 Å². The molecule has 3 atom stereocenters. The van der Waals surface area contributed by atoms with Crippen LogP contribution in [-0.4, -0.2) is 34.7 Å². The van der Waals surface area contributed by atoms with Gasteiger partial charge in [-0.05, 0) is 19.1 Å². The number of nitrogens with zero attached hydrogens (tertiary/aromatic N) is 1. The Morgan fingerprint density at radius 1 is 1.52 bits per heavy atom. The smallest absolute Gasteiger partial charge is 0.424 e. The predicted octanol–water partition coefficient (Wildman–Crippen LogP) is 1.51. The van der Waals surface area contributed by atoms with Crippen molar-refractivity contribution in [3.63, 3.8) is 0 Å². The number of alkyl halides is 3. The Kier molecular flexibility index (Phi) is 4.38. The van der Waals surface area contributed by atoms with E-state index in [-0.39, 0.29) is 12.2 Å². The molecule has 0 bridgehead atoms. The minimum absolute atomic E-state index is 0.0692. The molecule has 7 nitrogen and oxygen atoms in total. The zero-order valence-electron chi connectivity index (χ0n) is 12.1. The number of aliphatic hydroxyl groups is 1. The van der Waals surface area contributed by atoms with Gasteiger partial charge in [0.2, 0.25) is 17.6 Å². The largest absolute Gasteiger partial charge is 0.463 e. The minimum atomic E-state index is -5.00. The van der Waals surface area contributed by atoms with E-state index in [0.29, 0.717) is 0 Å². The highest BCUT2D eigenvalue weighted by atomic mass is 19.4. The third-order valence-electron chi connectivity index (χ3n) is 3.77. The normalized spacial score (nSPS) is 23.2. The van der Waals surface area contributed by atoms with E-state index in [1.807, 2.05) is 0 Å². The van der Waals surface area contributed by atoms with Gasteiger partial charge in [-0.25, -0.2) is 0 Å². The summed E-state index contributed by atoms with van der Waals surface area (Å²) < 4.78 is 44.3. The number of nitrogens with one attached hydrogen (secondary N) is 1. The number of furan rings is 1. The van der Waals surface area contributed by atoms with Crippen LogP contribution in [0.4, 0.5) is 13.2 Å². The molecule has 1 heterocycles. The molecule has 1 aliphatic carbocycles. The van der Waals surface area contributed by atoms with E-state index >= 15 is 0 Å². The SMILES string of the molecule is Cc1ccc([C@](O)(CCNC(=O)[C@H]2C[C@@H]2[N+](=O)[O-])C(F)(F)F)o1. The van der Waals surface area contributed by atoms with Crippen molar-refractivity contribution in [3.05, 3.63) is 33.8 Å². The Morgan fingerprint density at radius 3 is 2.61 bits per heavy atom. The molecular weight excluding hydrogens is 321 g/mol. The molecule has 0 saturated heterocycles. The van der Waals surface area contributed by atoms with E-state index in [1.54, 1.807) is 0 Å². The highest BCUT2D eigenvalue weighted by molar-refractivity contribution is 5.81. The summed E-state index contributed by atoms with van der Waals surface area (Å²) in [6.07, 6.45) is -5.78. The lowest BCUT2D eigenvalue weighted by atomic mass is 9.95. The average Bonchev–Trinajstić information content (AvgIpc) is 3.13. The van der Waals surface area contributed by atoms with Gasteiger partial charge in [0.15, 0.2) is 0 Å². The Hall–Kier alpha value is -2.10. The summed E-state index contributed by atoms with van der Waals surface area (Å²) in [5.41, 5.74) is -3.24. The molecule has 2 N–H and O–H groups in total. The van der Waals surface area contributed by atoms with Crippen molar-refractivity contribution in [2.45, 2.75) is 37.6 Å². The second-order valence-corrected chi connectivity index (χ2v) is 5.50. The Balaban J connectivity index is 1.98. The number of aryl methyl sites for hydroxylation is 1. The van der Waals surface area contributed by atoms with Crippen LogP contribution in [-0.2, 0) is 10.4 Å². The van der Waals surface area contributed by atoms with Crippen molar-refractivity contribution < 1.29 is 32.4 Å². The molecule has 0 radical (unpaired) electrons. The van der Waals surface area contributed by atoms with Crippen LogP contribution < -0.4 is 5.32 Å². The fraction of sp³-hybridized carbons (Fsp3) is 0.615. The number of hydrogen-bond acceptors (Lipinski definition) is 5. The lowest BCUT2D eigenvalue weighted by molar-refractivity contribution is -0.497. The third-order valence-corrected chi connectivity index (χ3v) is 3.77. The molecule has 10 heteroatoms. The highest BCUT2D eigenvalue weighted by Gasteiger charge is 2.57. The highest BCUT2D eigenvalue weighted by Crippen LogP contribution is 2.42. The lowest BCUT2D eigenvalue weighted by Gasteiger charge is -2.28. The van der Waals surface area contributed by atoms with Crippen molar-refractivity contribution >= 4 is 5.91 Å². The maximum atomic E-state index is 13.2. The zero-order chi connectivity index (χ0) is 17.4. The van der Waals surface area contributed by atoms with Gasteiger partial charge in [-0.1, -0.05) is 0 Å². The monoisotopic (exact) mass is 336 g/mol. The minimum Gasteiger partial charge on any atom is -0.463 e. The molecule has 1 saturated carbocycles. The average molecular weight is 336 g/mol. The molecule has 1 aromatic heterocycles. The van der Waals surface area contributed by atoms with Gasteiger partial charge in [-0.2, -0.15) is 13.2 Å². The van der Waals surface area contributed by atoms with Crippen LogP contribution in [0.2, 0.25) is 0 Å². The molecule has 128 valence electrons. The number of rotatable bonds is 6. The van der Waals surface area contributed by atoms with Crippen molar-refractivity contribution in [3.8, 4) is 0 Å². The number of carbonyl (C=O) groups is 1. The van der Waals surface area contributed by atoms with Crippen LogP contribution in [0.3, 0.4) is 0 Å². The molecule has 0 unspecified atom stereocenters. The van der Waals surface area contributed by atoms with Crippen molar-refractivity contribution in [1.82, 2.24) is 5.32 Å². The van der Waals surface area contributed by atoms with Crippen LogP contribution in [0.25, 0.3) is 0 Å². The van der Waals surface area contributed by atoms with Gasteiger partial charge in [0, 0.05) is 24.3 Å². The maximum Gasteiger partial charge on any atom is 0.424 e. The number of amides is 1. The maximum absolute atomic E-state index is 13.2. The lowest BCUT2D eigenvalue weighted by Crippen LogP contribution is -2.45. The second-order valence-electron chi connectivity index (χ2n) is 5.50. The number of hydrogen-bond donors (Lipinski definition) is 2. The van der Waals surface area contributed by atoms with Crippen LogP contribution >= 0.6 is 0 Å². The fourth-order valence-corrected chi connectivity index (χ4v) is 2.26. The number of nitro groups is 1. The quantitative estimate of drug-likeness (QED) is 0.605. The molecule has 1 amide bonds. The summed E-state index contributed by atoms with van der Waals surface area (Å²) in [5.74, 6) is -1.97. The van der Waals surface area contributed by atoms with E-state index in [4.69, 9.17) is 4.42 Å². The van der Waals surface area contributed by atoms with Crippen molar-refractivity contribution in [2.24, 2.45) is 5.92 Å². The molecule has 0 spiro atoms. The van der Waals surface area contributed by atoms with Gasteiger partial charge in [-0.3, -0.25) is 14.9 Å². The summed E-state index contributed by atoms with van der Waals surface area (Å²) in [7, 11) is 0. The standard InChI is InChI=1S/C13H15F3N2O5/c1-7-2-3-10(23-7)12(20,13(14,15)16)4-5-17-11(19)8-6-9(8)18(21)22/h2-3,8-9,20H,4-6H2,1H3,(H,17,19)/t8-,9-,12+/m0/s1. The summed E-state index contributed by atoms with van der Waals surface area (Å²) >= 11 is 0. The molecular formula is C13H15F3N2O5. The van der Waals surface area contributed by atoms with E-state index < -0.39 is 53.3 Å². The first-order chi connectivity index (χ1) is 10.6. The predicted molar refractivity (Wildman–Crippen MR) is 69.9 cm³/mol. The van der Waals surface area contributed by atoms with E-state index in [1.165, 1.54) is 13.0 Å². The molecule has 0 aliphatic heterocycles. The third kappa shape index (κ3) is 3.46. The van der Waals surface area contributed by atoms with Crippen LogP contribution in [0.1, 0.15) is 24.4 Å². The Morgan fingerprint density at radius 2 is 2.17 bits per heavy atom. The van der Waals surface area contributed by atoms with Crippen molar-refractivity contribution in [1.29, 1.82) is 0 Å². The molecule has 2 rings (SSSR count). The summed E-state index contributed by atoms with van der Waals surface area (Å²) in [5, 5.41) is 22.6. The Labute approximate surface area is 128 Å². The van der Waals surface area contributed by atoms with Gasteiger partial charge >= 0.3 is 6.18 Å². The first-order valence-electron chi connectivity index (χ1n) is 6.83. The van der Waals surface area contributed by atoms with E-state index in [0.717, 1.165) is 6.07 Å². The first-order valence-corrected chi connectivity index (χ1v) is 6.83. The zero-order valence-corrected chi connectivity index (χ0v) is 12.1. The van der Waals surface area contributed by atoms with Gasteiger partial charge in [-0.15, -0.1) is 0 Å². The summed E-state index contributed by atoms with van der Waals surface area (Å²) in [6, 6.07) is 1.33. The molecule has 1 aliphatic rings. The van der Waals surface area contributed by atoms with Crippen LogP contribution in [0.5, 0.6) is 0 Å². The molecule has 23 heavy (non-hydrogen) atoms. The Bertz CT molecular complexity index is 615. The summed E-state index contributed by atoms with van der Waals surface area (Å²) in [4.78, 5) is 21.5. The van der Waals surface area contributed by atoms with Gasteiger partial charge in [0.25, 0.3) is 0 Å². The van der Waals surface area contributed by atoms with Gasteiger partial charge < -0.3 is 14.8 Å². The van der Waals surface area contributed by atoms with Gasteiger partial charge in [0.1, 0.15) is 17.4 Å². The fourth-order valence-electron chi connectivity index (χ4n) is 2.26. The van der Waals surface area contributed by atoms with Crippen molar-refractivity contribution in [2.75, 3.05) is 6.54 Å². The first kappa shape index (κ1) is 17.3. The molecule has 0 aromatic carbocycles. The van der Waals surface area contributed by atoms with E-state index in [2.05, 4.69) is 5.32 Å².